The molecular formula is C15H21NO3. The first kappa shape index (κ1) is 13.9. The van der Waals surface area contributed by atoms with Crippen molar-refractivity contribution >= 4 is 0 Å². The third-order valence-corrected chi connectivity index (χ3v) is 3.15. The molecule has 104 valence electrons. The quantitative estimate of drug-likeness (QED) is 0.736. The molecule has 4 nitrogen and oxygen atoms in total. The Labute approximate surface area is 114 Å². The number of methoxy groups -OCH3 is 1. The van der Waals surface area contributed by atoms with Crippen molar-refractivity contribution in [1.29, 1.82) is 0 Å². The number of nitrogens with one attached hydrogen (secondary N) is 1. The van der Waals surface area contributed by atoms with Gasteiger partial charge in [-0.25, -0.2) is 0 Å². The minimum Gasteiger partial charge on any atom is -0.497 e. The molecule has 0 spiro atoms. The van der Waals surface area contributed by atoms with Gasteiger partial charge >= 0.3 is 0 Å². The molecular weight excluding hydrogens is 242 g/mol. The van der Waals surface area contributed by atoms with Crippen LogP contribution in [-0.4, -0.2) is 37.5 Å². The lowest BCUT2D eigenvalue weighted by molar-refractivity contribution is 0.104. The van der Waals surface area contributed by atoms with Gasteiger partial charge in [0.25, 0.3) is 0 Å². The maximum Gasteiger partial charge on any atom is 0.119 e. The average Bonchev–Trinajstić information content (AvgIpc) is 2.96. The molecule has 0 saturated heterocycles. The van der Waals surface area contributed by atoms with Gasteiger partial charge in [-0.3, -0.25) is 0 Å². The van der Waals surface area contributed by atoms with Crippen LogP contribution in [0.4, 0.5) is 0 Å². The molecule has 1 aromatic rings. The lowest BCUT2D eigenvalue weighted by Crippen LogP contribution is -2.36. The van der Waals surface area contributed by atoms with Crippen LogP contribution in [-0.2, 0) is 0 Å². The van der Waals surface area contributed by atoms with Crippen molar-refractivity contribution in [3.05, 3.63) is 36.4 Å². The van der Waals surface area contributed by atoms with Crippen molar-refractivity contribution in [2.75, 3.05) is 20.3 Å². The largest absolute Gasteiger partial charge is 0.497 e. The molecule has 0 heterocycles. The topological polar surface area (TPSA) is 50.7 Å². The summed E-state index contributed by atoms with van der Waals surface area (Å²) in [5.41, 5.74) is 0. The molecule has 0 radical (unpaired) electrons. The number of hydrogen-bond donors (Lipinski definition) is 2. The molecule has 0 amide bonds. The highest BCUT2D eigenvalue weighted by atomic mass is 16.5. The summed E-state index contributed by atoms with van der Waals surface area (Å²) in [6.07, 6.45) is 5.93. The number of aliphatic hydroxyl groups excluding tert-OH is 1. The van der Waals surface area contributed by atoms with Crippen LogP contribution >= 0.6 is 0 Å². The van der Waals surface area contributed by atoms with Gasteiger partial charge in [-0.2, -0.15) is 0 Å². The van der Waals surface area contributed by atoms with Crippen molar-refractivity contribution in [2.45, 2.75) is 25.0 Å². The second-order valence-corrected chi connectivity index (χ2v) is 4.69. The van der Waals surface area contributed by atoms with Crippen molar-refractivity contribution in [3.63, 3.8) is 0 Å². The van der Waals surface area contributed by atoms with E-state index >= 15 is 0 Å². The minimum atomic E-state index is -0.497. The molecule has 0 aliphatic heterocycles. The van der Waals surface area contributed by atoms with E-state index in [0.717, 1.165) is 24.3 Å². The van der Waals surface area contributed by atoms with Gasteiger partial charge in [0.2, 0.25) is 0 Å². The summed E-state index contributed by atoms with van der Waals surface area (Å²) in [4.78, 5) is 0. The van der Waals surface area contributed by atoms with Crippen molar-refractivity contribution in [1.82, 2.24) is 5.32 Å². The van der Waals surface area contributed by atoms with E-state index in [0.29, 0.717) is 19.2 Å². The molecule has 1 atom stereocenters. The van der Waals surface area contributed by atoms with Crippen LogP contribution in [0.1, 0.15) is 12.8 Å². The van der Waals surface area contributed by atoms with Gasteiger partial charge in [0, 0.05) is 12.6 Å². The Morgan fingerprint density at radius 1 is 1.21 bits per heavy atom. The first-order valence-electron chi connectivity index (χ1n) is 6.61. The Morgan fingerprint density at radius 3 is 2.47 bits per heavy atom. The first-order chi connectivity index (χ1) is 9.28. The fraction of sp³-hybridized carbons (Fsp3) is 0.467. The molecule has 0 fully saturated rings. The normalized spacial score (nSPS) is 16.5. The maximum absolute atomic E-state index is 9.84. The molecule has 0 aromatic heterocycles. The molecule has 0 bridgehead atoms. The second-order valence-electron chi connectivity index (χ2n) is 4.69. The van der Waals surface area contributed by atoms with Gasteiger partial charge in [-0.1, -0.05) is 12.2 Å². The Bertz CT molecular complexity index is 394. The van der Waals surface area contributed by atoms with Crippen LogP contribution in [0.2, 0.25) is 0 Å². The number of benzene rings is 1. The van der Waals surface area contributed by atoms with Gasteiger partial charge in [0.05, 0.1) is 7.11 Å². The van der Waals surface area contributed by atoms with Crippen LogP contribution in [0.15, 0.2) is 36.4 Å². The van der Waals surface area contributed by atoms with E-state index < -0.39 is 6.10 Å². The maximum atomic E-state index is 9.84. The van der Waals surface area contributed by atoms with Gasteiger partial charge in [-0.15, -0.1) is 0 Å². The minimum absolute atomic E-state index is 0.291. The van der Waals surface area contributed by atoms with Gasteiger partial charge < -0.3 is 19.9 Å². The van der Waals surface area contributed by atoms with E-state index in [2.05, 4.69) is 17.5 Å². The van der Waals surface area contributed by atoms with E-state index in [4.69, 9.17) is 9.47 Å². The van der Waals surface area contributed by atoms with Gasteiger partial charge in [0.15, 0.2) is 0 Å². The third-order valence-electron chi connectivity index (χ3n) is 3.15. The molecule has 4 heteroatoms. The summed E-state index contributed by atoms with van der Waals surface area (Å²) in [6.45, 7) is 0.849. The van der Waals surface area contributed by atoms with Crippen LogP contribution in [0.5, 0.6) is 11.5 Å². The lowest BCUT2D eigenvalue weighted by Gasteiger charge is -2.16. The SMILES string of the molecule is COc1ccc(OCC(O)CNC2CC=CC2)cc1. The van der Waals surface area contributed by atoms with Crippen molar-refractivity contribution in [3.8, 4) is 11.5 Å². The zero-order valence-electron chi connectivity index (χ0n) is 11.2. The Hall–Kier alpha value is -1.52. The zero-order valence-corrected chi connectivity index (χ0v) is 11.2. The highest BCUT2D eigenvalue weighted by molar-refractivity contribution is 5.31. The van der Waals surface area contributed by atoms with Gasteiger partial charge in [-0.05, 0) is 37.1 Å². The van der Waals surface area contributed by atoms with Crippen molar-refractivity contribution < 1.29 is 14.6 Å². The molecule has 2 N–H and O–H groups in total. The Kier molecular flexibility index (Phi) is 5.24. The first-order valence-corrected chi connectivity index (χ1v) is 6.61. The zero-order chi connectivity index (χ0) is 13.5. The molecule has 1 unspecified atom stereocenters. The lowest BCUT2D eigenvalue weighted by atomic mass is 10.2. The second kappa shape index (κ2) is 7.16. The highest BCUT2D eigenvalue weighted by Gasteiger charge is 2.12. The third kappa shape index (κ3) is 4.58. The summed E-state index contributed by atoms with van der Waals surface area (Å²) in [5.74, 6) is 1.53. The average molecular weight is 263 g/mol. The number of aliphatic hydroxyl groups is 1. The van der Waals surface area contributed by atoms with E-state index in [1.54, 1.807) is 7.11 Å². The predicted octanol–water partition coefficient (Wildman–Crippen LogP) is 1.74. The molecule has 0 saturated carbocycles. The summed E-state index contributed by atoms with van der Waals surface area (Å²) in [7, 11) is 1.63. The number of hydrogen-bond acceptors (Lipinski definition) is 4. The highest BCUT2D eigenvalue weighted by Crippen LogP contribution is 2.17. The summed E-state index contributed by atoms with van der Waals surface area (Å²) < 4.78 is 10.6. The summed E-state index contributed by atoms with van der Waals surface area (Å²) in [6, 6.07) is 7.81. The van der Waals surface area contributed by atoms with Crippen LogP contribution in [0, 0.1) is 0 Å². The van der Waals surface area contributed by atoms with Crippen LogP contribution in [0.3, 0.4) is 0 Å². The van der Waals surface area contributed by atoms with E-state index in [9.17, 15) is 5.11 Å². The monoisotopic (exact) mass is 263 g/mol. The number of ether oxygens (including phenoxy) is 2. The summed E-state index contributed by atoms with van der Waals surface area (Å²) >= 11 is 0. The smallest absolute Gasteiger partial charge is 0.119 e. The molecule has 1 aliphatic carbocycles. The predicted molar refractivity (Wildman–Crippen MR) is 74.7 cm³/mol. The number of rotatable bonds is 7. The Balaban J connectivity index is 1.65. The van der Waals surface area contributed by atoms with Crippen LogP contribution < -0.4 is 14.8 Å². The molecule has 19 heavy (non-hydrogen) atoms. The fourth-order valence-corrected chi connectivity index (χ4v) is 2.01. The van der Waals surface area contributed by atoms with E-state index in [-0.39, 0.29) is 0 Å². The van der Waals surface area contributed by atoms with E-state index in [1.807, 2.05) is 24.3 Å². The van der Waals surface area contributed by atoms with Crippen LogP contribution in [0.25, 0.3) is 0 Å². The molecule has 1 aliphatic rings. The Morgan fingerprint density at radius 2 is 1.84 bits per heavy atom. The molecule has 1 aromatic carbocycles. The standard InChI is InChI=1S/C15H21NO3/c1-18-14-6-8-15(9-7-14)19-11-13(17)10-16-12-4-2-3-5-12/h2-3,6-9,12-13,16-17H,4-5,10-11H2,1H3. The fourth-order valence-electron chi connectivity index (χ4n) is 2.01. The molecule has 2 rings (SSSR count). The van der Waals surface area contributed by atoms with Gasteiger partial charge in [0.1, 0.15) is 24.2 Å². The van der Waals surface area contributed by atoms with E-state index in [1.165, 1.54) is 0 Å². The summed E-state index contributed by atoms with van der Waals surface area (Å²) in [5, 5.41) is 13.2. The van der Waals surface area contributed by atoms with Crippen molar-refractivity contribution in [2.24, 2.45) is 0 Å².